The first-order valence-electron chi connectivity index (χ1n) is 7.46. The highest BCUT2D eigenvalue weighted by Crippen LogP contribution is 2.29. The number of rotatable bonds is 6. The highest BCUT2D eigenvalue weighted by Gasteiger charge is 2.34. The summed E-state index contributed by atoms with van der Waals surface area (Å²) >= 11 is 0. The molecule has 2 amide bonds. The Morgan fingerprint density at radius 2 is 2.08 bits per heavy atom. The number of ether oxygens (including phenoxy) is 1. The smallest absolute Gasteiger partial charge is 0.337 e. The lowest BCUT2D eigenvalue weighted by molar-refractivity contribution is -0.136. The van der Waals surface area contributed by atoms with E-state index in [0.29, 0.717) is 5.69 Å². The number of hydrogen-bond donors (Lipinski definition) is 4. The first-order valence-corrected chi connectivity index (χ1v) is 7.46. The maximum Gasteiger partial charge on any atom is 0.337 e. The highest BCUT2D eigenvalue weighted by atomic mass is 16.5. The van der Waals surface area contributed by atoms with E-state index in [1.165, 1.54) is 37.1 Å². The number of benzene rings is 1. The largest absolute Gasteiger partial charge is 0.506 e. The minimum Gasteiger partial charge on any atom is -0.506 e. The van der Waals surface area contributed by atoms with Gasteiger partial charge in [-0.15, -0.1) is 0 Å². The zero-order chi connectivity index (χ0) is 18.6. The van der Waals surface area contributed by atoms with E-state index >= 15 is 0 Å². The number of amides is 2. The first-order chi connectivity index (χ1) is 11.9. The fourth-order valence-corrected chi connectivity index (χ4v) is 2.40. The Hall–Kier alpha value is -3.07. The molecule has 134 valence electrons. The summed E-state index contributed by atoms with van der Waals surface area (Å²) in [7, 11) is 1.21. The van der Waals surface area contributed by atoms with E-state index in [2.05, 4.69) is 10.6 Å². The monoisotopic (exact) mass is 349 g/mol. The number of phenolic OH excluding ortho intramolecular Hbond substituents is 1. The van der Waals surface area contributed by atoms with Crippen LogP contribution in [-0.2, 0) is 19.1 Å². The standard InChI is InChI=1S/C16H19N3O6/c1-9(21)17-12-7-10(3-4-13(12)22)18-14-11(16(24)25-2)8-19(5-6-20)15(14)23/h3-4,7,18,20,22H,5-6,8H2,1-2H3,(H,17,21). The summed E-state index contributed by atoms with van der Waals surface area (Å²) in [6.45, 7) is 1.16. The van der Waals surface area contributed by atoms with Gasteiger partial charge in [0.1, 0.15) is 11.4 Å². The van der Waals surface area contributed by atoms with Gasteiger partial charge in [-0.05, 0) is 18.2 Å². The second-order valence-electron chi connectivity index (χ2n) is 5.33. The molecule has 0 aromatic heterocycles. The van der Waals surface area contributed by atoms with E-state index in [1.807, 2.05) is 0 Å². The first kappa shape index (κ1) is 18.3. The van der Waals surface area contributed by atoms with Gasteiger partial charge in [0.05, 0.1) is 31.5 Å². The molecule has 0 fully saturated rings. The Morgan fingerprint density at radius 3 is 2.68 bits per heavy atom. The van der Waals surface area contributed by atoms with E-state index < -0.39 is 11.9 Å². The molecular formula is C16H19N3O6. The van der Waals surface area contributed by atoms with Gasteiger partial charge >= 0.3 is 5.97 Å². The van der Waals surface area contributed by atoms with Crippen molar-refractivity contribution in [1.29, 1.82) is 0 Å². The van der Waals surface area contributed by atoms with Gasteiger partial charge in [-0.1, -0.05) is 0 Å². The van der Waals surface area contributed by atoms with Gasteiger partial charge < -0.3 is 30.5 Å². The van der Waals surface area contributed by atoms with Gasteiger partial charge in [0.25, 0.3) is 5.91 Å². The molecule has 0 saturated heterocycles. The minimum absolute atomic E-state index is 0.0189. The molecule has 0 spiro atoms. The van der Waals surface area contributed by atoms with Crippen molar-refractivity contribution in [1.82, 2.24) is 4.90 Å². The zero-order valence-electron chi connectivity index (χ0n) is 13.8. The molecule has 0 bridgehead atoms. The Kier molecular flexibility index (Phi) is 5.60. The van der Waals surface area contributed by atoms with E-state index in [9.17, 15) is 19.5 Å². The van der Waals surface area contributed by atoms with Crippen molar-refractivity contribution in [3.63, 3.8) is 0 Å². The van der Waals surface area contributed by atoms with Crippen LogP contribution >= 0.6 is 0 Å². The number of aliphatic hydroxyl groups excluding tert-OH is 1. The maximum atomic E-state index is 12.4. The maximum absolute atomic E-state index is 12.4. The zero-order valence-corrected chi connectivity index (χ0v) is 13.8. The van der Waals surface area contributed by atoms with Gasteiger partial charge in [-0.25, -0.2) is 4.79 Å². The molecule has 0 radical (unpaired) electrons. The second-order valence-corrected chi connectivity index (χ2v) is 5.33. The number of nitrogens with one attached hydrogen (secondary N) is 2. The summed E-state index contributed by atoms with van der Waals surface area (Å²) in [6.07, 6.45) is 0. The molecule has 0 aliphatic carbocycles. The number of methoxy groups -OCH3 is 1. The average Bonchev–Trinajstić information content (AvgIpc) is 2.86. The van der Waals surface area contributed by atoms with E-state index in [1.54, 1.807) is 0 Å². The fraction of sp³-hybridized carbons (Fsp3) is 0.312. The quantitative estimate of drug-likeness (QED) is 0.324. The lowest BCUT2D eigenvalue weighted by atomic mass is 10.2. The Bertz CT molecular complexity index is 743. The van der Waals surface area contributed by atoms with Crippen LogP contribution in [0.25, 0.3) is 0 Å². The molecule has 1 aromatic rings. The van der Waals surface area contributed by atoms with Crippen LogP contribution in [0.1, 0.15) is 6.92 Å². The number of aliphatic hydroxyl groups is 1. The average molecular weight is 349 g/mol. The van der Waals surface area contributed by atoms with Gasteiger partial charge in [0, 0.05) is 19.2 Å². The van der Waals surface area contributed by atoms with Crippen molar-refractivity contribution in [3.05, 3.63) is 29.5 Å². The van der Waals surface area contributed by atoms with Crippen molar-refractivity contribution in [2.24, 2.45) is 0 Å². The van der Waals surface area contributed by atoms with Crippen molar-refractivity contribution >= 4 is 29.2 Å². The van der Waals surface area contributed by atoms with Crippen LogP contribution in [0.4, 0.5) is 11.4 Å². The van der Waals surface area contributed by atoms with Crippen LogP contribution in [0.5, 0.6) is 5.75 Å². The van der Waals surface area contributed by atoms with E-state index in [0.717, 1.165) is 0 Å². The van der Waals surface area contributed by atoms with Crippen LogP contribution in [0.15, 0.2) is 29.5 Å². The summed E-state index contributed by atoms with van der Waals surface area (Å²) < 4.78 is 4.70. The molecule has 2 rings (SSSR count). The summed E-state index contributed by atoms with van der Waals surface area (Å²) in [5.74, 6) is -1.61. The summed E-state index contributed by atoms with van der Waals surface area (Å²) in [6, 6.07) is 4.27. The number of nitrogens with zero attached hydrogens (tertiary/aromatic N) is 1. The van der Waals surface area contributed by atoms with Gasteiger partial charge in [0.2, 0.25) is 5.91 Å². The number of phenols is 1. The topological polar surface area (TPSA) is 128 Å². The molecule has 9 nitrogen and oxygen atoms in total. The SMILES string of the molecule is COC(=O)C1=C(Nc2ccc(O)c(NC(C)=O)c2)C(=O)N(CCO)C1. The van der Waals surface area contributed by atoms with Crippen molar-refractivity contribution < 1.29 is 29.3 Å². The Labute approximate surface area is 143 Å². The third-order valence-electron chi connectivity index (χ3n) is 3.53. The number of carbonyl (C=O) groups excluding carboxylic acids is 3. The predicted molar refractivity (Wildman–Crippen MR) is 88.7 cm³/mol. The van der Waals surface area contributed by atoms with Crippen LogP contribution in [0, 0.1) is 0 Å². The van der Waals surface area contributed by atoms with Gasteiger partial charge in [0.15, 0.2) is 0 Å². The number of β-amino-alcohol motifs (C(OH)–C–C–N with tert-alkyl or cyclic N) is 1. The molecule has 25 heavy (non-hydrogen) atoms. The lowest BCUT2D eigenvalue weighted by Crippen LogP contribution is -2.31. The molecule has 0 unspecified atom stereocenters. The number of hydrogen-bond acceptors (Lipinski definition) is 7. The van der Waals surface area contributed by atoms with Crippen LogP contribution in [0.2, 0.25) is 0 Å². The molecule has 0 atom stereocenters. The lowest BCUT2D eigenvalue weighted by Gasteiger charge is -2.15. The van der Waals surface area contributed by atoms with Crippen molar-refractivity contribution in [2.75, 3.05) is 37.4 Å². The molecule has 1 heterocycles. The van der Waals surface area contributed by atoms with Crippen molar-refractivity contribution in [2.45, 2.75) is 6.92 Å². The normalized spacial score (nSPS) is 13.9. The third-order valence-corrected chi connectivity index (χ3v) is 3.53. The van der Waals surface area contributed by atoms with E-state index in [4.69, 9.17) is 9.84 Å². The third kappa shape index (κ3) is 4.07. The number of carbonyl (C=O) groups is 3. The predicted octanol–water partition coefficient (Wildman–Crippen LogP) is 0.0241. The molecule has 9 heteroatoms. The highest BCUT2D eigenvalue weighted by molar-refractivity contribution is 6.08. The molecular weight excluding hydrogens is 330 g/mol. The van der Waals surface area contributed by atoms with Crippen LogP contribution in [-0.4, -0.2) is 59.7 Å². The summed E-state index contributed by atoms with van der Waals surface area (Å²) in [5.41, 5.74) is 0.711. The summed E-state index contributed by atoms with van der Waals surface area (Å²) in [4.78, 5) is 36.8. The van der Waals surface area contributed by atoms with Crippen LogP contribution in [0.3, 0.4) is 0 Å². The molecule has 0 saturated carbocycles. The number of aromatic hydroxyl groups is 1. The van der Waals surface area contributed by atoms with E-state index in [-0.39, 0.29) is 48.3 Å². The summed E-state index contributed by atoms with van der Waals surface area (Å²) in [5, 5.41) is 24.1. The molecule has 1 aliphatic rings. The molecule has 1 aromatic carbocycles. The number of esters is 1. The minimum atomic E-state index is -0.655. The van der Waals surface area contributed by atoms with Crippen LogP contribution < -0.4 is 10.6 Å². The Morgan fingerprint density at radius 1 is 1.36 bits per heavy atom. The molecule has 4 N–H and O–H groups in total. The van der Waals surface area contributed by atoms with Gasteiger partial charge in [-0.2, -0.15) is 0 Å². The molecule has 1 aliphatic heterocycles. The Balaban J connectivity index is 2.33. The number of anilines is 2. The van der Waals surface area contributed by atoms with Gasteiger partial charge in [-0.3, -0.25) is 9.59 Å². The second kappa shape index (κ2) is 7.67. The van der Waals surface area contributed by atoms with Crippen molar-refractivity contribution in [3.8, 4) is 5.75 Å². The fourth-order valence-electron chi connectivity index (χ4n) is 2.40.